The number of aliphatic hydroxyl groups is 1. The van der Waals surface area contributed by atoms with Gasteiger partial charge in [-0.3, -0.25) is 4.79 Å². The molecule has 0 fully saturated rings. The molecule has 1 aromatic rings. The number of nitrogens with zero attached hydrogens (tertiary/aromatic N) is 3. The normalized spacial score (nSPS) is 10.9. The first-order valence-corrected chi connectivity index (χ1v) is 7.24. The van der Waals surface area contributed by atoms with Gasteiger partial charge in [0.1, 0.15) is 5.82 Å². The van der Waals surface area contributed by atoms with Crippen LogP contribution in [-0.4, -0.2) is 46.1 Å². The molecule has 20 heavy (non-hydrogen) atoms. The van der Waals surface area contributed by atoms with Gasteiger partial charge in [0.25, 0.3) is 5.91 Å². The summed E-state index contributed by atoms with van der Waals surface area (Å²) >= 11 is 6.02. The minimum absolute atomic E-state index is 0.147. The van der Waals surface area contributed by atoms with Crippen molar-refractivity contribution in [1.29, 1.82) is 0 Å². The Hall–Kier alpha value is -1.20. The van der Waals surface area contributed by atoms with Gasteiger partial charge in [-0.1, -0.05) is 25.4 Å². The molecule has 0 saturated heterocycles. The number of rotatable bonds is 7. The van der Waals surface area contributed by atoms with Crippen molar-refractivity contribution in [3.05, 3.63) is 22.7 Å². The van der Waals surface area contributed by atoms with Crippen molar-refractivity contribution in [3.63, 3.8) is 0 Å². The summed E-state index contributed by atoms with van der Waals surface area (Å²) in [6, 6.07) is 0. The summed E-state index contributed by atoms with van der Waals surface area (Å²) in [5.74, 6) is 0.573. The lowest BCUT2D eigenvalue weighted by molar-refractivity contribution is 0.0786. The van der Waals surface area contributed by atoms with E-state index >= 15 is 0 Å². The molecular formula is C14H22ClN3O2. The van der Waals surface area contributed by atoms with E-state index in [0.29, 0.717) is 12.4 Å². The van der Waals surface area contributed by atoms with Gasteiger partial charge in [0.2, 0.25) is 0 Å². The lowest BCUT2D eigenvalue weighted by Gasteiger charge is -2.17. The average molecular weight is 300 g/mol. The van der Waals surface area contributed by atoms with Gasteiger partial charge in [-0.2, -0.15) is 0 Å². The topological polar surface area (TPSA) is 66.3 Å². The summed E-state index contributed by atoms with van der Waals surface area (Å²) in [6.45, 7) is 4.75. The maximum absolute atomic E-state index is 12.3. The van der Waals surface area contributed by atoms with E-state index in [2.05, 4.69) is 9.97 Å². The molecule has 5 nitrogen and oxygen atoms in total. The number of aromatic nitrogens is 2. The zero-order valence-corrected chi connectivity index (χ0v) is 13.0. The summed E-state index contributed by atoms with van der Waals surface area (Å²) < 4.78 is 0. The molecule has 1 aromatic heterocycles. The van der Waals surface area contributed by atoms with E-state index in [1.165, 1.54) is 6.20 Å². The van der Waals surface area contributed by atoms with E-state index in [1.807, 2.05) is 13.8 Å². The maximum atomic E-state index is 12.3. The van der Waals surface area contributed by atoms with Gasteiger partial charge in [0, 0.05) is 26.1 Å². The first-order valence-electron chi connectivity index (χ1n) is 6.86. The van der Waals surface area contributed by atoms with Gasteiger partial charge in [-0.15, -0.1) is 0 Å². The third-order valence-electron chi connectivity index (χ3n) is 2.98. The molecule has 0 radical (unpaired) electrons. The molecular weight excluding hydrogens is 278 g/mol. The Bertz CT molecular complexity index is 452. The van der Waals surface area contributed by atoms with E-state index < -0.39 is 0 Å². The van der Waals surface area contributed by atoms with Crippen molar-refractivity contribution in [2.45, 2.75) is 39.0 Å². The number of amides is 1. The first kappa shape index (κ1) is 16.9. The molecule has 0 bridgehead atoms. The lowest BCUT2D eigenvalue weighted by Crippen LogP contribution is -2.29. The third-order valence-corrected chi connectivity index (χ3v) is 3.26. The number of unbranched alkanes of at least 4 members (excludes halogenated alkanes) is 2. The van der Waals surface area contributed by atoms with E-state index in [-0.39, 0.29) is 29.1 Å². The molecule has 0 aliphatic rings. The predicted molar refractivity (Wildman–Crippen MR) is 79.0 cm³/mol. The summed E-state index contributed by atoms with van der Waals surface area (Å²) in [5, 5.41) is 9.00. The highest BCUT2D eigenvalue weighted by Gasteiger charge is 2.18. The van der Waals surface area contributed by atoms with Crippen LogP contribution < -0.4 is 0 Å². The number of aliphatic hydroxyl groups excluding tert-OH is 1. The minimum Gasteiger partial charge on any atom is -0.396 e. The highest BCUT2D eigenvalue weighted by Crippen LogP contribution is 2.17. The van der Waals surface area contributed by atoms with E-state index in [9.17, 15) is 4.79 Å². The van der Waals surface area contributed by atoms with Crippen LogP contribution in [0, 0.1) is 0 Å². The highest BCUT2D eigenvalue weighted by molar-refractivity contribution is 6.33. The van der Waals surface area contributed by atoms with Crippen LogP contribution in [0.1, 0.15) is 55.3 Å². The summed E-state index contributed by atoms with van der Waals surface area (Å²) in [6.07, 6.45) is 3.98. The summed E-state index contributed by atoms with van der Waals surface area (Å²) in [5.41, 5.74) is 0.259. The van der Waals surface area contributed by atoms with Crippen molar-refractivity contribution >= 4 is 17.5 Å². The van der Waals surface area contributed by atoms with Gasteiger partial charge in [-0.25, -0.2) is 9.97 Å². The van der Waals surface area contributed by atoms with Crippen molar-refractivity contribution in [1.82, 2.24) is 14.9 Å². The number of carbonyl (C=O) groups is 1. The molecule has 0 aromatic carbocycles. The predicted octanol–water partition coefficient (Wildman–Crippen LogP) is 2.49. The number of carbonyl (C=O) groups excluding carboxylic acids is 1. The van der Waals surface area contributed by atoms with Crippen LogP contribution in [0.3, 0.4) is 0 Å². The molecule has 0 saturated carbocycles. The minimum atomic E-state index is -0.191. The SMILES string of the molecule is CC(C)c1ncc(Cl)c(C(=O)N(C)CCCCCO)n1. The summed E-state index contributed by atoms with van der Waals surface area (Å²) in [7, 11) is 1.73. The Labute approximate surface area is 125 Å². The molecule has 112 valence electrons. The average Bonchev–Trinajstić information content (AvgIpc) is 2.42. The fourth-order valence-electron chi connectivity index (χ4n) is 1.73. The van der Waals surface area contributed by atoms with Crippen molar-refractivity contribution < 1.29 is 9.90 Å². The molecule has 0 aliphatic heterocycles. The Morgan fingerprint density at radius 2 is 2.10 bits per heavy atom. The lowest BCUT2D eigenvalue weighted by atomic mass is 10.2. The van der Waals surface area contributed by atoms with Crippen molar-refractivity contribution in [2.24, 2.45) is 0 Å². The van der Waals surface area contributed by atoms with Crippen LogP contribution in [0.5, 0.6) is 0 Å². The third kappa shape index (κ3) is 4.72. The first-order chi connectivity index (χ1) is 9.47. The summed E-state index contributed by atoms with van der Waals surface area (Å²) in [4.78, 5) is 22.3. The number of hydrogen-bond donors (Lipinski definition) is 1. The molecule has 1 rings (SSSR count). The zero-order valence-electron chi connectivity index (χ0n) is 12.3. The highest BCUT2D eigenvalue weighted by atomic mass is 35.5. The van der Waals surface area contributed by atoms with Gasteiger partial charge in [0.05, 0.1) is 11.2 Å². The van der Waals surface area contributed by atoms with Crippen LogP contribution in [-0.2, 0) is 0 Å². The maximum Gasteiger partial charge on any atom is 0.273 e. The van der Waals surface area contributed by atoms with Gasteiger partial charge in [0.15, 0.2) is 5.69 Å². The second-order valence-corrected chi connectivity index (χ2v) is 5.50. The molecule has 0 aliphatic carbocycles. The van der Waals surface area contributed by atoms with Crippen molar-refractivity contribution in [3.8, 4) is 0 Å². The Morgan fingerprint density at radius 3 is 2.70 bits per heavy atom. The fourth-order valence-corrected chi connectivity index (χ4v) is 1.90. The van der Waals surface area contributed by atoms with Crippen LogP contribution in [0.2, 0.25) is 5.02 Å². The Kier molecular flexibility index (Phi) is 6.88. The molecule has 0 unspecified atom stereocenters. The zero-order chi connectivity index (χ0) is 15.1. The fraction of sp³-hybridized carbons (Fsp3) is 0.643. The second kappa shape index (κ2) is 8.17. The van der Waals surface area contributed by atoms with Crippen LogP contribution in [0.4, 0.5) is 0 Å². The van der Waals surface area contributed by atoms with Crippen LogP contribution in [0.25, 0.3) is 0 Å². The van der Waals surface area contributed by atoms with E-state index in [1.54, 1.807) is 11.9 Å². The molecule has 1 N–H and O–H groups in total. The molecule has 6 heteroatoms. The van der Waals surface area contributed by atoms with Gasteiger partial charge < -0.3 is 10.0 Å². The Morgan fingerprint density at radius 1 is 1.40 bits per heavy atom. The largest absolute Gasteiger partial charge is 0.396 e. The Balaban J connectivity index is 2.72. The van der Waals surface area contributed by atoms with E-state index in [4.69, 9.17) is 16.7 Å². The number of hydrogen-bond acceptors (Lipinski definition) is 4. The van der Waals surface area contributed by atoms with Crippen LogP contribution in [0.15, 0.2) is 6.20 Å². The number of halogens is 1. The standard InChI is InChI=1S/C14H22ClN3O2/c1-10(2)13-16-9-11(15)12(17-13)14(20)18(3)7-5-4-6-8-19/h9-10,19H,4-8H2,1-3H3. The molecule has 0 atom stereocenters. The van der Waals surface area contributed by atoms with Crippen LogP contribution >= 0.6 is 11.6 Å². The molecule has 1 amide bonds. The van der Waals surface area contributed by atoms with E-state index in [0.717, 1.165) is 19.3 Å². The second-order valence-electron chi connectivity index (χ2n) is 5.09. The van der Waals surface area contributed by atoms with Crippen molar-refractivity contribution in [2.75, 3.05) is 20.2 Å². The smallest absolute Gasteiger partial charge is 0.273 e. The van der Waals surface area contributed by atoms with Gasteiger partial charge >= 0.3 is 0 Å². The molecule has 0 spiro atoms. The van der Waals surface area contributed by atoms with Gasteiger partial charge in [-0.05, 0) is 19.3 Å². The quantitative estimate of drug-likeness (QED) is 0.786. The molecule has 1 heterocycles. The monoisotopic (exact) mass is 299 g/mol.